The minimum atomic E-state index is -0.531. The summed E-state index contributed by atoms with van der Waals surface area (Å²) in [6, 6.07) is 12.2. The predicted molar refractivity (Wildman–Crippen MR) is 120 cm³/mol. The number of hydrogen-bond donors (Lipinski definition) is 1. The predicted octanol–water partition coefficient (Wildman–Crippen LogP) is 3.35. The highest BCUT2D eigenvalue weighted by Gasteiger charge is 2.37. The zero-order valence-electron chi connectivity index (χ0n) is 18.3. The van der Waals surface area contributed by atoms with Crippen molar-refractivity contribution < 1.29 is 9.18 Å². The molecule has 0 unspecified atom stereocenters. The highest BCUT2D eigenvalue weighted by molar-refractivity contribution is 5.81. The van der Waals surface area contributed by atoms with Crippen LogP contribution in [0.4, 0.5) is 4.39 Å². The number of halogens is 1. The molecule has 1 aliphatic heterocycles. The molecule has 2 aromatic carbocycles. The van der Waals surface area contributed by atoms with Crippen LogP contribution in [-0.2, 0) is 11.2 Å². The van der Waals surface area contributed by atoms with Crippen molar-refractivity contribution in [1.82, 2.24) is 19.7 Å². The van der Waals surface area contributed by atoms with Gasteiger partial charge in [0.15, 0.2) is 0 Å². The van der Waals surface area contributed by atoms with E-state index >= 15 is 4.39 Å². The zero-order chi connectivity index (χ0) is 23.1. The van der Waals surface area contributed by atoms with E-state index in [2.05, 4.69) is 16.3 Å². The SMILES string of the molecule is Cc1cc(-c2ccc(-n3c(C[C@@H]4CCN(C(=O)C5CC5)C4)n[nH]c3=O)c(F)c2)ccc1C#N. The van der Waals surface area contributed by atoms with Gasteiger partial charge in [-0.1, -0.05) is 18.2 Å². The fraction of sp³-hybridized carbons (Fsp3) is 0.360. The Morgan fingerprint density at radius 2 is 1.97 bits per heavy atom. The monoisotopic (exact) mass is 445 g/mol. The molecule has 2 fully saturated rings. The average molecular weight is 445 g/mol. The van der Waals surface area contributed by atoms with Gasteiger partial charge in [0.25, 0.3) is 0 Å². The summed E-state index contributed by atoms with van der Waals surface area (Å²) in [5, 5.41) is 15.7. The molecule has 7 nitrogen and oxygen atoms in total. The largest absolute Gasteiger partial charge is 0.348 e. The van der Waals surface area contributed by atoms with Gasteiger partial charge >= 0.3 is 5.69 Å². The van der Waals surface area contributed by atoms with Crippen LogP contribution in [0.3, 0.4) is 0 Å². The van der Waals surface area contributed by atoms with Gasteiger partial charge in [-0.25, -0.2) is 18.9 Å². The third kappa shape index (κ3) is 4.07. The van der Waals surface area contributed by atoms with Crippen LogP contribution in [0.5, 0.6) is 0 Å². The fourth-order valence-corrected chi connectivity index (χ4v) is 4.60. The highest BCUT2D eigenvalue weighted by atomic mass is 19.1. The molecule has 168 valence electrons. The number of amides is 1. The van der Waals surface area contributed by atoms with Gasteiger partial charge in [-0.05, 0) is 67.0 Å². The van der Waals surface area contributed by atoms with E-state index in [0.717, 1.165) is 36.9 Å². The maximum atomic E-state index is 15.2. The molecule has 1 aromatic heterocycles. The molecular weight excluding hydrogens is 421 g/mol. The number of nitriles is 1. The third-order valence-electron chi connectivity index (χ3n) is 6.61. The number of benzene rings is 2. The lowest BCUT2D eigenvalue weighted by Gasteiger charge is -2.16. The van der Waals surface area contributed by atoms with E-state index in [0.29, 0.717) is 29.9 Å². The van der Waals surface area contributed by atoms with E-state index in [-0.39, 0.29) is 23.4 Å². The second-order valence-electron chi connectivity index (χ2n) is 9.01. The van der Waals surface area contributed by atoms with E-state index in [1.54, 1.807) is 24.3 Å². The van der Waals surface area contributed by atoms with Crippen LogP contribution < -0.4 is 5.69 Å². The van der Waals surface area contributed by atoms with E-state index in [1.165, 1.54) is 10.6 Å². The number of likely N-dealkylation sites (tertiary alicyclic amines) is 1. The molecule has 1 aliphatic carbocycles. The summed E-state index contributed by atoms with van der Waals surface area (Å²) in [7, 11) is 0. The second-order valence-corrected chi connectivity index (χ2v) is 9.01. The number of carbonyl (C=O) groups excluding carboxylic acids is 1. The van der Waals surface area contributed by atoms with Gasteiger partial charge in [-0.3, -0.25) is 4.79 Å². The molecule has 0 spiro atoms. The van der Waals surface area contributed by atoms with Gasteiger partial charge < -0.3 is 4.90 Å². The van der Waals surface area contributed by atoms with Crippen LogP contribution in [0.2, 0.25) is 0 Å². The normalized spacial score (nSPS) is 17.8. The van der Waals surface area contributed by atoms with E-state index in [4.69, 9.17) is 5.26 Å². The number of aromatic nitrogens is 3. The Kier molecular flexibility index (Phi) is 5.33. The van der Waals surface area contributed by atoms with Gasteiger partial charge in [0.1, 0.15) is 11.6 Å². The Morgan fingerprint density at radius 3 is 2.67 bits per heavy atom. The Labute approximate surface area is 190 Å². The maximum Gasteiger partial charge on any atom is 0.348 e. The first kappa shape index (κ1) is 21.1. The van der Waals surface area contributed by atoms with Gasteiger partial charge in [-0.15, -0.1) is 0 Å². The number of nitrogens with zero attached hydrogens (tertiary/aromatic N) is 4. The molecule has 0 radical (unpaired) electrons. The minimum Gasteiger partial charge on any atom is -0.342 e. The summed E-state index contributed by atoms with van der Waals surface area (Å²) >= 11 is 0. The summed E-state index contributed by atoms with van der Waals surface area (Å²) in [6.45, 7) is 3.21. The Morgan fingerprint density at radius 1 is 1.21 bits per heavy atom. The summed E-state index contributed by atoms with van der Waals surface area (Å²) in [6.07, 6.45) is 3.30. The summed E-state index contributed by atoms with van der Waals surface area (Å²) < 4.78 is 16.5. The van der Waals surface area contributed by atoms with E-state index < -0.39 is 11.5 Å². The number of aryl methyl sites for hydroxylation is 1. The van der Waals surface area contributed by atoms with Crippen molar-refractivity contribution in [3.05, 3.63) is 69.7 Å². The molecule has 3 aromatic rings. The third-order valence-corrected chi connectivity index (χ3v) is 6.61. The van der Waals surface area contributed by atoms with Gasteiger partial charge in [0, 0.05) is 25.4 Å². The Bertz CT molecular complexity index is 1330. The minimum absolute atomic E-state index is 0.141. The topological polar surface area (TPSA) is 94.8 Å². The molecule has 1 amide bonds. The Hall–Kier alpha value is -3.73. The first-order chi connectivity index (χ1) is 15.9. The first-order valence-corrected chi connectivity index (χ1v) is 11.2. The number of aromatic amines is 1. The van der Waals surface area contributed by atoms with Crippen LogP contribution in [0.15, 0.2) is 41.2 Å². The van der Waals surface area contributed by atoms with Gasteiger partial charge in [0.2, 0.25) is 5.91 Å². The van der Waals surface area contributed by atoms with Crippen LogP contribution in [0.25, 0.3) is 16.8 Å². The molecule has 0 bridgehead atoms. The lowest BCUT2D eigenvalue weighted by atomic mass is 10.00. The standard InChI is InChI=1S/C25H24FN5O2/c1-15-10-18(4-5-20(15)13-27)19-6-7-22(21(26)12-19)31-23(28-29-25(31)33)11-16-8-9-30(14-16)24(32)17-2-3-17/h4-7,10,12,16-17H,2-3,8-9,11,14H2,1H3,(H,29,33)/t16-/m0/s1. The molecule has 1 saturated heterocycles. The first-order valence-electron chi connectivity index (χ1n) is 11.2. The smallest absolute Gasteiger partial charge is 0.342 e. The van der Waals surface area contributed by atoms with Crippen LogP contribution in [-0.4, -0.2) is 38.7 Å². The van der Waals surface area contributed by atoms with Crippen LogP contribution in [0, 0.1) is 35.9 Å². The zero-order valence-corrected chi connectivity index (χ0v) is 18.3. The van der Waals surface area contributed by atoms with Crippen LogP contribution >= 0.6 is 0 Å². The van der Waals surface area contributed by atoms with Crippen molar-refractivity contribution in [3.63, 3.8) is 0 Å². The van der Waals surface area contributed by atoms with Crippen molar-refractivity contribution in [2.24, 2.45) is 11.8 Å². The molecule has 1 saturated carbocycles. The van der Waals surface area contributed by atoms with Crippen molar-refractivity contribution in [1.29, 1.82) is 5.26 Å². The molecule has 33 heavy (non-hydrogen) atoms. The van der Waals surface area contributed by atoms with E-state index in [1.807, 2.05) is 17.9 Å². The number of carbonyl (C=O) groups is 1. The molecule has 2 heterocycles. The van der Waals surface area contributed by atoms with Gasteiger partial charge in [0.05, 0.1) is 17.3 Å². The summed E-state index contributed by atoms with van der Waals surface area (Å²) in [4.78, 5) is 26.7. The number of hydrogen-bond acceptors (Lipinski definition) is 4. The lowest BCUT2D eigenvalue weighted by molar-refractivity contribution is -0.131. The number of nitrogens with one attached hydrogen (secondary N) is 1. The maximum absolute atomic E-state index is 15.2. The van der Waals surface area contributed by atoms with Crippen molar-refractivity contribution in [3.8, 4) is 22.9 Å². The molecule has 5 rings (SSSR count). The van der Waals surface area contributed by atoms with Crippen molar-refractivity contribution in [2.75, 3.05) is 13.1 Å². The highest BCUT2D eigenvalue weighted by Crippen LogP contribution is 2.33. The molecule has 2 aliphatic rings. The lowest BCUT2D eigenvalue weighted by Crippen LogP contribution is -2.30. The van der Waals surface area contributed by atoms with Gasteiger partial charge in [-0.2, -0.15) is 10.4 Å². The molecule has 1 N–H and O–H groups in total. The number of H-pyrrole nitrogens is 1. The molecule has 1 atom stereocenters. The van der Waals surface area contributed by atoms with Crippen LogP contribution in [0.1, 0.15) is 36.2 Å². The van der Waals surface area contributed by atoms with Crippen molar-refractivity contribution >= 4 is 5.91 Å². The number of rotatable bonds is 5. The molecular formula is C25H24FN5O2. The fourth-order valence-electron chi connectivity index (χ4n) is 4.60. The van der Waals surface area contributed by atoms with E-state index in [9.17, 15) is 9.59 Å². The second kappa shape index (κ2) is 8.32. The summed E-state index contributed by atoms with van der Waals surface area (Å²) in [5.74, 6) is 0.546. The quantitative estimate of drug-likeness (QED) is 0.652. The van der Waals surface area contributed by atoms with Crippen molar-refractivity contribution in [2.45, 2.75) is 32.6 Å². The average Bonchev–Trinajstić information content (AvgIpc) is 3.46. The summed E-state index contributed by atoms with van der Waals surface area (Å²) in [5.41, 5.74) is 2.50. The molecule has 8 heteroatoms. The Balaban J connectivity index is 1.38.